The van der Waals surface area contributed by atoms with E-state index in [1.54, 1.807) is 25.2 Å². The number of benzene rings is 1. The number of nitrogens with one attached hydrogen (secondary N) is 1. The first-order chi connectivity index (χ1) is 16.3. The van der Waals surface area contributed by atoms with Crippen LogP contribution in [0.5, 0.6) is 5.75 Å². The van der Waals surface area contributed by atoms with Gasteiger partial charge in [0.15, 0.2) is 5.13 Å². The zero-order valence-corrected chi connectivity index (χ0v) is 20.6. The number of amides is 1. The number of methoxy groups -OCH3 is 1. The smallest absolute Gasteiger partial charge is 0.265 e. The normalized spacial score (nSPS) is 20.0. The van der Waals surface area contributed by atoms with Crippen molar-refractivity contribution < 1.29 is 17.9 Å². The van der Waals surface area contributed by atoms with Gasteiger partial charge in [0, 0.05) is 37.5 Å². The maximum Gasteiger partial charge on any atom is 0.265 e. The summed E-state index contributed by atoms with van der Waals surface area (Å²) in [6.07, 6.45) is 2.86. The molecule has 0 saturated carbocycles. The van der Waals surface area contributed by atoms with Crippen molar-refractivity contribution >= 4 is 38.2 Å². The molecule has 2 aromatic heterocycles. The molecule has 0 radical (unpaired) electrons. The first kappa shape index (κ1) is 22.7. The van der Waals surface area contributed by atoms with Crippen LogP contribution in [0, 0.1) is 6.92 Å². The van der Waals surface area contributed by atoms with E-state index >= 15 is 0 Å². The lowest BCUT2D eigenvalue weighted by molar-refractivity contribution is 0.0788. The fraction of sp³-hybridized carbons (Fsp3) is 0.364. The fourth-order valence-corrected chi connectivity index (χ4v) is 6.84. The number of rotatable bonds is 1. The third kappa shape index (κ3) is 4.01. The molecule has 0 spiro atoms. The molecular weight excluding hydrogens is 476 g/mol. The molecule has 1 fully saturated rings. The molecule has 5 rings (SSSR count). The van der Waals surface area contributed by atoms with Crippen LogP contribution in [-0.4, -0.2) is 59.2 Å². The lowest BCUT2D eigenvalue weighted by Gasteiger charge is -2.25. The minimum atomic E-state index is -3.84. The highest BCUT2D eigenvalue weighted by Crippen LogP contribution is 2.37. The highest BCUT2D eigenvalue weighted by molar-refractivity contribution is 7.89. The van der Waals surface area contributed by atoms with Crippen molar-refractivity contribution in [1.29, 1.82) is 0 Å². The molecule has 178 valence electrons. The second-order valence-electron chi connectivity index (χ2n) is 8.32. The Labute approximate surface area is 201 Å². The van der Waals surface area contributed by atoms with E-state index < -0.39 is 16.1 Å². The fourth-order valence-electron chi connectivity index (χ4n) is 4.32. The largest absolute Gasteiger partial charge is 0.496 e. The third-order valence-electron chi connectivity index (χ3n) is 5.94. The molecular formula is C22H24N6O4S2. The topological polar surface area (TPSA) is 118 Å². The van der Waals surface area contributed by atoms with Crippen LogP contribution in [0.3, 0.4) is 0 Å². The monoisotopic (exact) mass is 500 g/mol. The summed E-state index contributed by atoms with van der Waals surface area (Å²) >= 11 is 1.23. The Morgan fingerprint density at radius 3 is 2.85 bits per heavy atom. The van der Waals surface area contributed by atoms with Crippen LogP contribution in [0.15, 0.2) is 35.4 Å². The molecule has 2 aliphatic heterocycles. The summed E-state index contributed by atoms with van der Waals surface area (Å²) in [6.45, 7) is 2.39. The number of fused-ring (bicyclic) bond motifs is 8. The summed E-state index contributed by atoms with van der Waals surface area (Å²) in [6, 6.07) is 6.05. The molecule has 1 aromatic carbocycles. The van der Waals surface area contributed by atoms with Gasteiger partial charge in [-0.25, -0.2) is 23.4 Å². The molecule has 3 aromatic rings. The summed E-state index contributed by atoms with van der Waals surface area (Å²) in [4.78, 5) is 28.7. The summed E-state index contributed by atoms with van der Waals surface area (Å²) in [5.41, 5.74) is 1.30. The number of aryl methyl sites for hydroxylation is 1. The second kappa shape index (κ2) is 8.60. The highest BCUT2D eigenvalue weighted by Gasteiger charge is 2.38. The number of carbonyl (C=O) groups is 1. The molecule has 10 nitrogen and oxygen atoms in total. The van der Waals surface area contributed by atoms with Crippen molar-refractivity contribution in [2.75, 3.05) is 26.0 Å². The first-order valence-corrected chi connectivity index (χ1v) is 13.0. The average molecular weight is 501 g/mol. The molecule has 6 bridgehead atoms. The van der Waals surface area contributed by atoms with Gasteiger partial charge in [0.25, 0.3) is 5.91 Å². The Morgan fingerprint density at radius 1 is 1.24 bits per heavy atom. The number of anilines is 2. The number of hydrogen-bond donors (Lipinski definition) is 1. The predicted molar refractivity (Wildman–Crippen MR) is 127 cm³/mol. The molecule has 1 N–H and O–H groups in total. The van der Waals surface area contributed by atoms with Crippen LogP contribution >= 0.6 is 11.3 Å². The zero-order valence-electron chi connectivity index (χ0n) is 19.0. The Balaban J connectivity index is 1.69. The molecule has 12 heteroatoms. The minimum absolute atomic E-state index is 0.147. The van der Waals surface area contributed by atoms with Gasteiger partial charge in [-0.05, 0) is 38.0 Å². The van der Waals surface area contributed by atoms with Crippen LogP contribution in [0.1, 0.15) is 45.6 Å². The van der Waals surface area contributed by atoms with Crippen LogP contribution in [0.25, 0.3) is 0 Å². The molecule has 2 aliphatic rings. The number of ether oxygens (including phenoxy) is 1. The Morgan fingerprint density at radius 2 is 2.06 bits per heavy atom. The van der Waals surface area contributed by atoms with Crippen LogP contribution in [0.2, 0.25) is 0 Å². The summed E-state index contributed by atoms with van der Waals surface area (Å²) in [5, 5.41) is 3.66. The van der Waals surface area contributed by atoms with Crippen LogP contribution < -0.4 is 10.1 Å². The van der Waals surface area contributed by atoms with Gasteiger partial charge in [0.2, 0.25) is 10.0 Å². The molecule has 1 amide bonds. The molecule has 4 heterocycles. The summed E-state index contributed by atoms with van der Waals surface area (Å²) in [7, 11) is -0.657. The molecule has 1 unspecified atom stereocenters. The number of carbonyl (C=O) groups excluding carboxylic acids is 1. The van der Waals surface area contributed by atoms with E-state index in [-0.39, 0.29) is 17.3 Å². The van der Waals surface area contributed by atoms with E-state index in [4.69, 9.17) is 4.74 Å². The lowest BCUT2D eigenvalue weighted by atomic mass is 10.2. The Hall–Kier alpha value is -3.09. The molecule has 0 aliphatic carbocycles. The number of sulfonamides is 1. The quantitative estimate of drug-likeness (QED) is 0.542. The minimum Gasteiger partial charge on any atom is -0.496 e. The number of aromatic nitrogens is 3. The van der Waals surface area contributed by atoms with Crippen LogP contribution in [0.4, 0.5) is 10.9 Å². The van der Waals surface area contributed by atoms with Gasteiger partial charge in [0.1, 0.15) is 22.3 Å². The van der Waals surface area contributed by atoms with E-state index in [1.165, 1.54) is 39.9 Å². The first-order valence-electron chi connectivity index (χ1n) is 10.8. The van der Waals surface area contributed by atoms with Gasteiger partial charge < -0.3 is 15.0 Å². The number of hydrogen-bond acceptors (Lipinski definition) is 9. The molecule has 1 atom stereocenters. The Kier molecular flexibility index (Phi) is 5.74. The van der Waals surface area contributed by atoms with Crippen molar-refractivity contribution in [3.8, 4) is 5.75 Å². The van der Waals surface area contributed by atoms with Gasteiger partial charge in [-0.2, -0.15) is 4.31 Å². The summed E-state index contributed by atoms with van der Waals surface area (Å²) < 4.78 is 34.4. The van der Waals surface area contributed by atoms with E-state index in [1.807, 2.05) is 6.92 Å². The van der Waals surface area contributed by atoms with E-state index in [0.717, 1.165) is 0 Å². The van der Waals surface area contributed by atoms with Crippen molar-refractivity contribution in [3.63, 3.8) is 0 Å². The van der Waals surface area contributed by atoms with Crippen molar-refractivity contribution in [2.45, 2.75) is 37.2 Å². The Bertz CT molecular complexity index is 1370. The van der Waals surface area contributed by atoms with Crippen LogP contribution in [-0.2, 0) is 16.6 Å². The standard InChI is InChI=1S/C22H24N6O4S2/c1-13-9-19-25-20(24-13)16-5-4-8-28(16)34(30,31)15-6-7-17(32-3)14(10-15)12-27(2)21(29)18-11-23-22(26-19)33-18/h6-7,9-11,16H,4-5,8,12H2,1-3H3,(H,23,24,25,26). The van der Waals surface area contributed by atoms with E-state index in [9.17, 15) is 13.2 Å². The van der Waals surface area contributed by atoms with Crippen molar-refractivity contribution in [2.24, 2.45) is 0 Å². The molecule has 34 heavy (non-hydrogen) atoms. The average Bonchev–Trinajstić information content (AvgIpc) is 3.48. The van der Waals surface area contributed by atoms with Crippen molar-refractivity contribution in [1.82, 2.24) is 24.2 Å². The van der Waals surface area contributed by atoms with Gasteiger partial charge in [0.05, 0.1) is 24.2 Å². The van der Waals surface area contributed by atoms with Gasteiger partial charge in [-0.3, -0.25) is 4.79 Å². The number of nitrogens with zero attached hydrogens (tertiary/aromatic N) is 5. The summed E-state index contributed by atoms with van der Waals surface area (Å²) in [5.74, 6) is 1.23. The van der Waals surface area contributed by atoms with E-state index in [0.29, 0.717) is 58.0 Å². The maximum absolute atomic E-state index is 13.7. The van der Waals surface area contributed by atoms with Gasteiger partial charge in [-0.15, -0.1) is 0 Å². The zero-order chi connectivity index (χ0) is 24.0. The van der Waals surface area contributed by atoms with Gasteiger partial charge in [-0.1, -0.05) is 11.3 Å². The molecule has 1 saturated heterocycles. The van der Waals surface area contributed by atoms with Crippen molar-refractivity contribution in [3.05, 3.63) is 52.4 Å². The number of thiazole rings is 1. The van der Waals surface area contributed by atoms with Gasteiger partial charge >= 0.3 is 0 Å². The predicted octanol–water partition coefficient (Wildman–Crippen LogP) is 3.11. The lowest BCUT2D eigenvalue weighted by Crippen LogP contribution is -2.32. The third-order valence-corrected chi connectivity index (χ3v) is 8.74. The second-order valence-corrected chi connectivity index (χ2v) is 11.2. The highest BCUT2D eigenvalue weighted by atomic mass is 32.2. The van der Waals surface area contributed by atoms with E-state index in [2.05, 4.69) is 20.3 Å². The SMILES string of the molecule is COc1ccc2cc1CN(C)C(=O)c1cnc(s1)Nc1cc(C)nc(n1)C1CCCN1S2(=O)=O. The maximum atomic E-state index is 13.7.